The van der Waals surface area contributed by atoms with Gasteiger partial charge in [0.15, 0.2) is 5.82 Å². The number of nitrogens with one attached hydrogen (secondary N) is 1. The van der Waals surface area contributed by atoms with Gasteiger partial charge in [-0.15, -0.1) is 11.3 Å². The van der Waals surface area contributed by atoms with Gasteiger partial charge in [0.1, 0.15) is 5.76 Å². The Kier molecular flexibility index (Phi) is 4.71. The Hall–Kier alpha value is -2.15. The summed E-state index contributed by atoms with van der Waals surface area (Å²) in [5, 5.41) is 8.27. The van der Waals surface area contributed by atoms with Crippen molar-refractivity contribution in [3.63, 3.8) is 0 Å². The van der Waals surface area contributed by atoms with Gasteiger partial charge in [-0.3, -0.25) is 9.59 Å². The van der Waals surface area contributed by atoms with Crippen LogP contribution in [-0.2, 0) is 17.6 Å². The summed E-state index contributed by atoms with van der Waals surface area (Å²) in [6.07, 6.45) is 3.10. The second-order valence-corrected chi connectivity index (χ2v) is 7.40. The van der Waals surface area contributed by atoms with Crippen molar-refractivity contribution in [2.24, 2.45) is 5.92 Å². The van der Waals surface area contributed by atoms with Gasteiger partial charge in [0.25, 0.3) is 5.91 Å². The summed E-state index contributed by atoms with van der Waals surface area (Å²) >= 11 is 1.66. The maximum Gasteiger partial charge on any atom is 0.255 e. The molecule has 0 radical (unpaired) electrons. The molecule has 0 saturated carbocycles. The predicted octanol–water partition coefficient (Wildman–Crippen LogP) is 2.88. The molecule has 1 unspecified atom stereocenters. The van der Waals surface area contributed by atoms with Crippen molar-refractivity contribution in [2.45, 2.75) is 33.1 Å². The summed E-state index contributed by atoms with van der Waals surface area (Å²) in [7, 11) is 1.64. The van der Waals surface area contributed by atoms with Crippen LogP contribution in [0.15, 0.2) is 16.0 Å². The van der Waals surface area contributed by atoms with Crippen LogP contribution >= 0.6 is 11.3 Å². The second-order valence-electron chi connectivity index (χ2n) is 6.43. The van der Waals surface area contributed by atoms with Gasteiger partial charge in [-0.25, -0.2) is 0 Å². The van der Waals surface area contributed by atoms with Crippen LogP contribution in [0, 0.1) is 12.8 Å². The Morgan fingerprint density at radius 2 is 2.29 bits per heavy atom. The first-order valence-electron chi connectivity index (χ1n) is 8.02. The molecular weight excluding hydrogens is 326 g/mol. The van der Waals surface area contributed by atoms with E-state index >= 15 is 0 Å². The largest absolute Gasteiger partial charge is 0.360 e. The molecule has 0 spiro atoms. The molecule has 0 bridgehead atoms. The number of likely N-dealkylation sites (N-methyl/N-ethyl adjacent to an activating group) is 1. The second kappa shape index (κ2) is 6.76. The molecule has 1 aliphatic rings. The number of rotatable bonds is 4. The Balaban J connectivity index is 1.64. The fourth-order valence-corrected chi connectivity index (χ4v) is 4.20. The average Bonchev–Trinajstić information content (AvgIpc) is 3.12. The van der Waals surface area contributed by atoms with Crippen LogP contribution in [0.4, 0.5) is 5.82 Å². The molecule has 2 heterocycles. The Morgan fingerprint density at radius 1 is 1.50 bits per heavy atom. The van der Waals surface area contributed by atoms with Crippen molar-refractivity contribution >= 4 is 29.0 Å². The summed E-state index contributed by atoms with van der Waals surface area (Å²) in [6, 6.07) is 1.64. The first kappa shape index (κ1) is 16.7. The van der Waals surface area contributed by atoms with Crippen LogP contribution < -0.4 is 5.32 Å². The zero-order chi connectivity index (χ0) is 17.3. The lowest BCUT2D eigenvalue weighted by molar-refractivity contribution is -0.116. The minimum absolute atomic E-state index is 0.0221. The summed E-state index contributed by atoms with van der Waals surface area (Å²) < 4.78 is 4.90. The molecular formula is C17H21N3O3S. The van der Waals surface area contributed by atoms with E-state index in [-0.39, 0.29) is 18.4 Å². The Labute approximate surface area is 144 Å². The van der Waals surface area contributed by atoms with E-state index in [2.05, 4.69) is 17.4 Å². The number of fused-ring (bicyclic) bond motifs is 1. The average molecular weight is 347 g/mol. The molecule has 0 saturated heterocycles. The number of hydrogen-bond acceptors (Lipinski definition) is 5. The molecule has 0 aromatic carbocycles. The van der Waals surface area contributed by atoms with Crippen molar-refractivity contribution in [1.82, 2.24) is 10.1 Å². The number of hydrogen-bond donors (Lipinski definition) is 1. The summed E-state index contributed by atoms with van der Waals surface area (Å²) in [4.78, 5) is 27.5. The number of aromatic nitrogens is 1. The van der Waals surface area contributed by atoms with E-state index in [0.29, 0.717) is 17.5 Å². The van der Waals surface area contributed by atoms with E-state index in [0.717, 1.165) is 24.8 Å². The van der Waals surface area contributed by atoms with Gasteiger partial charge in [0.05, 0.1) is 12.1 Å². The topological polar surface area (TPSA) is 75.4 Å². The molecule has 2 amide bonds. The van der Waals surface area contributed by atoms with Gasteiger partial charge in [0, 0.05) is 23.4 Å². The highest BCUT2D eigenvalue weighted by molar-refractivity contribution is 7.10. The quantitative estimate of drug-likeness (QED) is 0.923. The number of nitrogens with zero attached hydrogens (tertiary/aromatic N) is 2. The SMILES string of the molecule is Cc1cc(NC(=O)CN(C)C(=O)c2csc3c2CCC(C)C3)no1. The maximum absolute atomic E-state index is 12.7. The predicted molar refractivity (Wildman–Crippen MR) is 92.3 cm³/mol. The lowest BCUT2D eigenvalue weighted by Crippen LogP contribution is -2.35. The number of carbonyl (C=O) groups excluding carboxylic acids is 2. The highest BCUT2D eigenvalue weighted by Crippen LogP contribution is 2.33. The smallest absolute Gasteiger partial charge is 0.255 e. The molecule has 2 aromatic heterocycles. The lowest BCUT2D eigenvalue weighted by Gasteiger charge is -2.21. The molecule has 0 aliphatic heterocycles. The van der Waals surface area contributed by atoms with Crippen molar-refractivity contribution in [1.29, 1.82) is 0 Å². The maximum atomic E-state index is 12.7. The fourth-order valence-electron chi connectivity index (χ4n) is 2.96. The van der Waals surface area contributed by atoms with Crippen molar-refractivity contribution in [3.05, 3.63) is 33.2 Å². The van der Waals surface area contributed by atoms with Gasteiger partial charge >= 0.3 is 0 Å². The number of anilines is 1. The molecule has 1 N–H and O–H groups in total. The zero-order valence-electron chi connectivity index (χ0n) is 14.1. The van der Waals surface area contributed by atoms with E-state index in [1.54, 1.807) is 31.4 Å². The fraction of sp³-hybridized carbons (Fsp3) is 0.471. The zero-order valence-corrected chi connectivity index (χ0v) is 14.9. The molecule has 7 heteroatoms. The van der Waals surface area contributed by atoms with Crippen molar-refractivity contribution in [3.8, 4) is 0 Å². The third kappa shape index (κ3) is 3.51. The van der Waals surface area contributed by atoms with Gasteiger partial charge in [0.2, 0.25) is 5.91 Å². The van der Waals surface area contributed by atoms with E-state index in [1.165, 1.54) is 15.3 Å². The molecule has 6 nitrogen and oxygen atoms in total. The Morgan fingerprint density at radius 3 is 3.00 bits per heavy atom. The van der Waals surface area contributed by atoms with Gasteiger partial charge < -0.3 is 14.7 Å². The van der Waals surface area contributed by atoms with Gasteiger partial charge in [-0.05, 0) is 37.7 Å². The monoisotopic (exact) mass is 347 g/mol. The number of carbonyl (C=O) groups is 2. The minimum Gasteiger partial charge on any atom is -0.360 e. The summed E-state index contributed by atoms with van der Waals surface area (Å²) in [5.41, 5.74) is 1.91. The molecule has 1 atom stereocenters. The van der Waals surface area contributed by atoms with Crippen molar-refractivity contribution < 1.29 is 14.1 Å². The van der Waals surface area contributed by atoms with E-state index in [1.807, 2.05) is 5.38 Å². The molecule has 1 aliphatic carbocycles. The van der Waals surface area contributed by atoms with Crippen LogP contribution in [0.1, 0.15) is 39.9 Å². The molecule has 128 valence electrons. The number of aryl methyl sites for hydroxylation is 1. The lowest BCUT2D eigenvalue weighted by atomic mass is 9.88. The third-order valence-electron chi connectivity index (χ3n) is 4.26. The first-order chi connectivity index (χ1) is 11.4. The van der Waals surface area contributed by atoms with E-state index in [4.69, 9.17) is 4.52 Å². The van der Waals surface area contributed by atoms with E-state index < -0.39 is 0 Å². The third-order valence-corrected chi connectivity index (χ3v) is 5.31. The highest BCUT2D eigenvalue weighted by Gasteiger charge is 2.25. The first-order valence-corrected chi connectivity index (χ1v) is 8.90. The van der Waals surface area contributed by atoms with Crippen LogP contribution in [0.2, 0.25) is 0 Å². The standard InChI is InChI=1S/C17H21N3O3S/c1-10-4-5-12-13(9-24-14(12)6-10)17(22)20(3)8-16(21)18-15-7-11(2)23-19-15/h7,9-10H,4-6,8H2,1-3H3,(H,18,19,21). The highest BCUT2D eigenvalue weighted by atomic mass is 32.1. The molecule has 3 rings (SSSR count). The molecule has 2 aromatic rings. The van der Waals surface area contributed by atoms with Gasteiger partial charge in [-0.2, -0.15) is 0 Å². The van der Waals surface area contributed by atoms with Gasteiger partial charge in [-0.1, -0.05) is 12.1 Å². The normalized spacial score (nSPS) is 16.5. The van der Waals surface area contributed by atoms with Crippen LogP contribution in [-0.4, -0.2) is 35.5 Å². The molecule has 24 heavy (non-hydrogen) atoms. The van der Waals surface area contributed by atoms with Crippen LogP contribution in [0.3, 0.4) is 0 Å². The number of amides is 2. The number of thiophene rings is 1. The minimum atomic E-state index is -0.295. The summed E-state index contributed by atoms with van der Waals surface area (Å²) in [5.74, 6) is 1.26. The van der Waals surface area contributed by atoms with Crippen molar-refractivity contribution in [2.75, 3.05) is 18.9 Å². The van der Waals surface area contributed by atoms with Crippen LogP contribution in [0.5, 0.6) is 0 Å². The van der Waals surface area contributed by atoms with E-state index in [9.17, 15) is 9.59 Å². The molecule has 0 fully saturated rings. The van der Waals surface area contributed by atoms with Crippen LogP contribution in [0.25, 0.3) is 0 Å². The Bertz CT molecular complexity index is 765. The summed E-state index contributed by atoms with van der Waals surface area (Å²) in [6.45, 7) is 3.97.